The number of rotatable bonds is 3. The van der Waals surface area contributed by atoms with Gasteiger partial charge in [-0.25, -0.2) is 4.98 Å². The molecule has 1 atom stereocenters. The molecule has 1 saturated carbocycles. The van der Waals surface area contributed by atoms with Crippen molar-refractivity contribution in [1.29, 1.82) is 0 Å². The number of halogens is 1. The fourth-order valence-electron chi connectivity index (χ4n) is 1.46. The minimum atomic E-state index is 0.0739. The lowest BCUT2D eigenvalue weighted by Crippen LogP contribution is -2.08. The molecule has 1 unspecified atom stereocenters. The number of nitrogens with zero attached hydrogens (tertiary/aromatic N) is 1. The van der Waals surface area contributed by atoms with Crippen LogP contribution in [0.4, 0.5) is 0 Å². The van der Waals surface area contributed by atoms with Crippen molar-refractivity contribution in [3.63, 3.8) is 0 Å². The average Bonchev–Trinajstić information content (AvgIpc) is 2.96. The van der Waals surface area contributed by atoms with Gasteiger partial charge in [0, 0.05) is 13.3 Å². The molecule has 1 aliphatic rings. The maximum atomic E-state index is 5.40. The van der Waals surface area contributed by atoms with Gasteiger partial charge in [-0.2, -0.15) is 0 Å². The van der Waals surface area contributed by atoms with Gasteiger partial charge < -0.3 is 9.72 Å². The second-order valence-electron chi connectivity index (χ2n) is 3.44. The maximum absolute atomic E-state index is 5.40. The van der Waals surface area contributed by atoms with Gasteiger partial charge in [0.15, 0.2) is 0 Å². The van der Waals surface area contributed by atoms with E-state index in [9.17, 15) is 0 Å². The number of nitrogens with one attached hydrogen (secondary N) is 1. The molecule has 1 fully saturated rings. The second kappa shape index (κ2) is 4.08. The molecule has 76 valence electrons. The zero-order valence-electron chi connectivity index (χ0n) is 7.79. The van der Waals surface area contributed by atoms with E-state index in [0.717, 1.165) is 10.3 Å². The number of hydrogen-bond donors (Lipinski definition) is 1. The van der Waals surface area contributed by atoms with Crippen LogP contribution in [0.2, 0.25) is 0 Å². The third-order valence-corrected chi connectivity index (χ3v) is 3.53. The minimum absolute atomic E-state index is 0.0739. The molecule has 0 amide bonds. The van der Waals surface area contributed by atoms with E-state index in [-0.39, 0.29) is 6.10 Å². The predicted molar refractivity (Wildman–Crippen MR) is 59.6 cm³/mol. The summed E-state index contributed by atoms with van der Waals surface area (Å²) in [5.74, 6) is 1.45. The highest BCUT2D eigenvalue weighted by atomic mass is 79.9. The van der Waals surface area contributed by atoms with Gasteiger partial charge in [0.25, 0.3) is 0 Å². The zero-order valence-corrected chi connectivity index (χ0v) is 10.2. The Labute approximate surface area is 96.0 Å². The molecule has 0 spiro atoms. The molecule has 1 heterocycles. The van der Waals surface area contributed by atoms with E-state index in [4.69, 9.17) is 17.0 Å². The first-order valence-corrected chi connectivity index (χ1v) is 5.70. The topological polar surface area (TPSA) is 37.9 Å². The van der Waals surface area contributed by atoms with Crippen molar-refractivity contribution in [3.05, 3.63) is 21.1 Å². The molecule has 5 heteroatoms. The van der Waals surface area contributed by atoms with Crippen LogP contribution in [-0.4, -0.2) is 17.1 Å². The van der Waals surface area contributed by atoms with E-state index in [1.165, 1.54) is 12.8 Å². The van der Waals surface area contributed by atoms with Crippen LogP contribution < -0.4 is 0 Å². The van der Waals surface area contributed by atoms with Crippen LogP contribution in [-0.2, 0) is 4.74 Å². The Morgan fingerprint density at radius 3 is 2.93 bits per heavy atom. The van der Waals surface area contributed by atoms with E-state index >= 15 is 0 Å². The normalized spacial score (nSPS) is 18.1. The van der Waals surface area contributed by atoms with Gasteiger partial charge in [0.05, 0.1) is 4.47 Å². The van der Waals surface area contributed by atoms with Crippen molar-refractivity contribution < 1.29 is 4.74 Å². The van der Waals surface area contributed by atoms with E-state index < -0.39 is 0 Å². The smallest absolute Gasteiger partial charge is 0.136 e. The summed E-state index contributed by atoms with van der Waals surface area (Å²) in [5, 5.41) is 0. The summed E-state index contributed by atoms with van der Waals surface area (Å²) in [6, 6.07) is 0. The Morgan fingerprint density at radius 2 is 2.43 bits per heavy atom. The molecule has 0 saturated heterocycles. The number of aromatic nitrogens is 2. The molecule has 0 aliphatic heterocycles. The van der Waals surface area contributed by atoms with Crippen LogP contribution in [0, 0.1) is 10.6 Å². The average molecular weight is 275 g/mol. The monoisotopic (exact) mass is 274 g/mol. The standard InChI is InChI=1S/C9H11BrN2OS/c1-13-7(5-2-3-5)8-11-4-6(10)9(14)12-8/h4-5,7H,2-3H2,1H3,(H,11,12,14). The highest BCUT2D eigenvalue weighted by Gasteiger charge is 2.33. The van der Waals surface area contributed by atoms with E-state index in [2.05, 4.69) is 25.9 Å². The van der Waals surface area contributed by atoms with E-state index in [1.807, 2.05) is 0 Å². The summed E-state index contributed by atoms with van der Waals surface area (Å²) in [6.45, 7) is 0. The molecule has 0 aromatic carbocycles. The Hall–Kier alpha value is -0.260. The number of methoxy groups -OCH3 is 1. The van der Waals surface area contributed by atoms with E-state index in [0.29, 0.717) is 10.6 Å². The van der Waals surface area contributed by atoms with Crippen molar-refractivity contribution in [2.75, 3.05) is 7.11 Å². The molecular weight excluding hydrogens is 264 g/mol. The van der Waals surface area contributed by atoms with Gasteiger partial charge in [0.2, 0.25) is 0 Å². The first-order valence-electron chi connectivity index (χ1n) is 4.50. The molecular formula is C9H11BrN2OS. The van der Waals surface area contributed by atoms with Crippen molar-refractivity contribution in [2.24, 2.45) is 5.92 Å². The van der Waals surface area contributed by atoms with Gasteiger partial charge in [-0.3, -0.25) is 0 Å². The summed E-state index contributed by atoms with van der Waals surface area (Å²) in [7, 11) is 1.71. The van der Waals surface area contributed by atoms with Crippen molar-refractivity contribution in [1.82, 2.24) is 9.97 Å². The Bertz CT molecular complexity index is 389. The number of H-pyrrole nitrogens is 1. The first kappa shape index (κ1) is 10.3. The molecule has 0 bridgehead atoms. The van der Waals surface area contributed by atoms with Gasteiger partial charge >= 0.3 is 0 Å². The van der Waals surface area contributed by atoms with Crippen LogP contribution in [0.3, 0.4) is 0 Å². The lowest BCUT2D eigenvalue weighted by atomic mass is 10.2. The molecule has 0 radical (unpaired) electrons. The fraction of sp³-hybridized carbons (Fsp3) is 0.556. The molecule has 1 aliphatic carbocycles. The minimum Gasteiger partial charge on any atom is -0.373 e. The zero-order chi connectivity index (χ0) is 10.1. The van der Waals surface area contributed by atoms with Crippen molar-refractivity contribution in [2.45, 2.75) is 18.9 Å². The Kier molecular flexibility index (Phi) is 2.99. The summed E-state index contributed by atoms with van der Waals surface area (Å²) in [5.41, 5.74) is 0. The Morgan fingerprint density at radius 1 is 1.71 bits per heavy atom. The lowest BCUT2D eigenvalue weighted by molar-refractivity contribution is 0.0770. The summed E-state index contributed by atoms with van der Waals surface area (Å²) < 4.78 is 6.90. The molecule has 2 rings (SSSR count). The fourth-order valence-corrected chi connectivity index (χ4v) is 1.82. The van der Waals surface area contributed by atoms with Crippen LogP contribution in [0.25, 0.3) is 0 Å². The Balaban J connectivity index is 2.30. The first-order chi connectivity index (χ1) is 6.72. The maximum Gasteiger partial charge on any atom is 0.136 e. The second-order valence-corrected chi connectivity index (χ2v) is 4.70. The number of hydrogen-bond acceptors (Lipinski definition) is 3. The highest BCUT2D eigenvalue weighted by Crippen LogP contribution is 2.41. The van der Waals surface area contributed by atoms with Crippen molar-refractivity contribution in [3.8, 4) is 0 Å². The third-order valence-electron chi connectivity index (χ3n) is 2.35. The number of aromatic amines is 1. The SMILES string of the molecule is COC(c1ncc(Br)c(=S)[nH]1)C1CC1. The molecule has 3 nitrogen and oxygen atoms in total. The van der Waals surface area contributed by atoms with Gasteiger partial charge in [0.1, 0.15) is 16.6 Å². The summed E-state index contributed by atoms with van der Waals surface area (Å²) in [4.78, 5) is 7.36. The molecule has 1 aromatic rings. The molecule has 1 aromatic heterocycles. The van der Waals surface area contributed by atoms with Crippen LogP contribution in [0.5, 0.6) is 0 Å². The highest BCUT2D eigenvalue weighted by molar-refractivity contribution is 9.10. The summed E-state index contributed by atoms with van der Waals surface area (Å²) >= 11 is 8.43. The van der Waals surface area contributed by atoms with Crippen LogP contribution in [0.1, 0.15) is 24.8 Å². The third kappa shape index (κ3) is 2.04. The van der Waals surface area contributed by atoms with Crippen LogP contribution >= 0.6 is 28.1 Å². The predicted octanol–water partition coefficient (Wildman–Crippen LogP) is 3.00. The molecule has 14 heavy (non-hydrogen) atoms. The summed E-state index contributed by atoms with van der Waals surface area (Å²) in [6.07, 6.45) is 4.24. The van der Waals surface area contributed by atoms with Gasteiger partial charge in [-0.1, -0.05) is 12.2 Å². The molecule has 1 N–H and O–H groups in total. The van der Waals surface area contributed by atoms with Gasteiger partial charge in [-0.05, 0) is 34.7 Å². The largest absolute Gasteiger partial charge is 0.373 e. The van der Waals surface area contributed by atoms with Crippen molar-refractivity contribution >= 4 is 28.1 Å². The number of ether oxygens (including phenoxy) is 1. The van der Waals surface area contributed by atoms with E-state index in [1.54, 1.807) is 13.3 Å². The lowest BCUT2D eigenvalue weighted by Gasteiger charge is -2.13. The van der Waals surface area contributed by atoms with Crippen LogP contribution in [0.15, 0.2) is 10.7 Å². The van der Waals surface area contributed by atoms with Gasteiger partial charge in [-0.15, -0.1) is 0 Å². The quantitative estimate of drug-likeness (QED) is 0.862.